The van der Waals surface area contributed by atoms with E-state index in [2.05, 4.69) is 11.1 Å². The average molecular weight is 262 g/mol. The third-order valence-electron chi connectivity index (χ3n) is 3.20. The summed E-state index contributed by atoms with van der Waals surface area (Å²) in [6.45, 7) is 2.18. The molecule has 1 aliphatic rings. The highest BCUT2D eigenvalue weighted by molar-refractivity contribution is 7.99. The Bertz CT molecular complexity index is 468. The van der Waals surface area contributed by atoms with Crippen LogP contribution in [0.1, 0.15) is 36.6 Å². The molecule has 2 rings (SSSR count). The van der Waals surface area contributed by atoms with Crippen LogP contribution in [0, 0.1) is 17.2 Å². The molecular weight excluding hydrogens is 244 g/mol. The molecule has 1 aliphatic carbocycles. The Morgan fingerprint density at radius 1 is 1.50 bits per heavy atom. The minimum Gasteiger partial charge on any atom is -0.396 e. The highest BCUT2D eigenvalue weighted by Gasteiger charge is 2.15. The van der Waals surface area contributed by atoms with Gasteiger partial charge in [-0.2, -0.15) is 5.26 Å². The van der Waals surface area contributed by atoms with Gasteiger partial charge in [0.2, 0.25) is 0 Å². The van der Waals surface area contributed by atoms with E-state index in [0.717, 1.165) is 23.6 Å². The molecule has 3 nitrogen and oxygen atoms in total. The van der Waals surface area contributed by atoms with Gasteiger partial charge in [0, 0.05) is 18.1 Å². The van der Waals surface area contributed by atoms with Gasteiger partial charge >= 0.3 is 0 Å². The Morgan fingerprint density at radius 3 is 3.00 bits per heavy atom. The predicted octanol–water partition coefficient (Wildman–Crippen LogP) is 2.55. The van der Waals surface area contributed by atoms with Gasteiger partial charge in [-0.15, -0.1) is 11.8 Å². The van der Waals surface area contributed by atoms with Crippen molar-refractivity contribution in [3.8, 4) is 6.07 Å². The molecule has 0 saturated heterocycles. The highest BCUT2D eigenvalue weighted by atomic mass is 32.2. The van der Waals surface area contributed by atoms with Crippen molar-refractivity contribution in [2.24, 2.45) is 5.92 Å². The average Bonchev–Trinajstić information content (AvgIpc) is 2.43. The quantitative estimate of drug-likeness (QED) is 0.847. The Hall–Kier alpha value is -1.05. The molecule has 1 unspecified atom stereocenters. The molecule has 0 spiro atoms. The maximum Gasteiger partial charge on any atom is 0.114 e. The van der Waals surface area contributed by atoms with E-state index in [-0.39, 0.29) is 12.5 Å². The molecule has 0 bridgehead atoms. The van der Waals surface area contributed by atoms with Crippen LogP contribution in [0.25, 0.3) is 0 Å². The summed E-state index contributed by atoms with van der Waals surface area (Å²) in [6, 6.07) is 4.25. The second kappa shape index (κ2) is 6.21. The number of thioether (sulfide) groups is 1. The first-order valence-corrected chi connectivity index (χ1v) is 7.39. The number of aromatic nitrogens is 1. The van der Waals surface area contributed by atoms with Crippen LogP contribution in [-0.4, -0.2) is 22.5 Å². The lowest BCUT2D eigenvalue weighted by Gasteiger charge is -2.17. The summed E-state index contributed by atoms with van der Waals surface area (Å²) in [5.74, 6) is 1.04. The number of aliphatic hydroxyl groups is 1. The number of fused-ring (bicyclic) bond motifs is 1. The van der Waals surface area contributed by atoms with Crippen LogP contribution in [0.15, 0.2) is 11.1 Å². The van der Waals surface area contributed by atoms with Crippen LogP contribution in [0.3, 0.4) is 0 Å². The first kappa shape index (κ1) is 13.4. The number of aryl methyl sites for hydroxylation is 2. The topological polar surface area (TPSA) is 56.9 Å². The van der Waals surface area contributed by atoms with Crippen molar-refractivity contribution in [2.45, 2.75) is 37.6 Å². The lowest BCUT2D eigenvalue weighted by atomic mass is 9.95. The number of nitriles is 1. The van der Waals surface area contributed by atoms with E-state index >= 15 is 0 Å². The molecule has 1 aromatic heterocycles. The van der Waals surface area contributed by atoms with E-state index in [1.807, 2.05) is 13.0 Å². The minimum absolute atomic E-state index is 0.180. The van der Waals surface area contributed by atoms with E-state index in [1.54, 1.807) is 11.8 Å². The molecule has 0 aromatic carbocycles. The van der Waals surface area contributed by atoms with E-state index in [1.165, 1.54) is 24.1 Å². The number of rotatable bonds is 4. The maximum absolute atomic E-state index is 9.19. The fourth-order valence-electron chi connectivity index (χ4n) is 2.08. The van der Waals surface area contributed by atoms with Gasteiger partial charge in [-0.3, -0.25) is 0 Å². The zero-order chi connectivity index (χ0) is 13.0. The summed E-state index contributed by atoms with van der Waals surface area (Å²) in [4.78, 5) is 4.65. The molecule has 0 fully saturated rings. The zero-order valence-electron chi connectivity index (χ0n) is 10.6. The minimum atomic E-state index is 0.180. The van der Waals surface area contributed by atoms with Crippen LogP contribution in [0.2, 0.25) is 0 Å². The van der Waals surface area contributed by atoms with Crippen molar-refractivity contribution < 1.29 is 5.11 Å². The van der Waals surface area contributed by atoms with Crippen molar-refractivity contribution in [3.05, 3.63) is 22.9 Å². The normalized spacial score (nSPS) is 15.8. The molecule has 0 radical (unpaired) electrons. The number of hydrogen-bond acceptors (Lipinski definition) is 4. The molecule has 0 aliphatic heterocycles. The summed E-state index contributed by atoms with van der Waals surface area (Å²) in [5, 5.41) is 19.1. The first-order valence-electron chi connectivity index (χ1n) is 6.41. The van der Waals surface area contributed by atoms with Crippen LogP contribution in [0.4, 0.5) is 0 Å². The van der Waals surface area contributed by atoms with Crippen LogP contribution < -0.4 is 0 Å². The van der Waals surface area contributed by atoms with Crippen molar-refractivity contribution >= 4 is 11.8 Å². The smallest absolute Gasteiger partial charge is 0.114 e. The third kappa shape index (κ3) is 3.04. The van der Waals surface area contributed by atoms with Crippen molar-refractivity contribution in [1.29, 1.82) is 5.26 Å². The Kier molecular flexibility index (Phi) is 4.62. The van der Waals surface area contributed by atoms with Gasteiger partial charge in [-0.25, -0.2) is 4.98 Å². The maximum atomic E-state index is 9.19. The van der Waals surface area contributed by atoms with Crippen LogP contribution >= 0.6 is 11.8 Å². The van der Waals surface area contributed by atoms with E-state index < -0.39 is 0 Å². The Labute approximate surface area is 112 Å². The van der Waals surface area contributed by atoms with Crippen molar-refractivity contribution in [2.75, 3.05) is 12.4 Å². The Balaban J connectivity index is 2.20. The second-order valence-corrected chi connectivity index (χ2v) is 5.87. The summed E-state index contributed by atoms with van der Waals surface area (Å²) in [7, 11) is 0. The fourth-order valence-corrected chi connectivity index (χ4v) is 3.06. The number of hydrogen-bond donors (Lipinski definition) is 1. The SMILES string of the molecule is CC(CO)CSc1nc2c(cc1C#N)CCCC2. The van der Waals surface area contributed by atoms with E-state index in [0.29, 0.717) is 5.56 Å². The van der Waals surface area contributed by atoms with Gasteiger partial charge in [0.25, 0.3) is 0 Å². The third-order valence-corrected chi connectivity index (χ3v) is 4.52. The lowest BCUT2D eigenvalue weighted by molar-refractivity contribution is 0.250. The van der Waals surface area contributed by atoms with Gasteiger partial charge in [0.15, 0.2) is 0 Å². The molecule has 4 heteroatoms. The van der Waals surface area contributed by atoms with Gasteiger partial charge < -0.3 is 5.11 Å². The van der Waals surface area contributed by atoms with Gasteiger partial charge in [-0.1, -0.05) is 6.92 Å². The standard InChI is InChI=1S/C14H18N2OS/c1-10(8-17)9-18-14-12(7-15)6-11-4-2-3-5-13(11)16-14/h6,10,17H,2-5,8-9H2,1H3. The molecule has 96 valence electrons. The van der Waals surface area contributed by atoms with Crippen LogP contribution in [-0.2, 0) is 12.8 Å². The van der Waals surface area contributed by atoms with Gasteiger partial charge in [-0.05, 0) is 43.2 Å². The summed E-state index contributed by atoms with van der Waals surface area (Å²) in [5.41, 5.74) is 3.10. The predicted molar refractivity (Wildman–Crippen MR) is 72.6 cm³/mol. The molecule has 0 amide bonds. The largest absolute Gasteiger partial charge is 0.396 e. The molecule has 18 heavy (non-hydrogen) atoms. The lowest BCUT2D eigenvalue weighted by Crippen LogP contribution is -2.08. The van der Waals surface area contributed by atoms with Gasteiger partial charge in [0.05, 0.1) is 5.56 Å². The summed E-state index contributed by atoms with van der Waals surface area (Å²) in [6.07, 6.45) is 4.48. The molecule has 1 heterocycles. The highest BCUT2D eigenvalue weighted by Crippen LogP contribution is 2.28. The summed E-state index contributed by atoms with van der Waals surface area (Å²) < 4.78 is 0. The number of aliphatic hydroxyl groups excluding tert-OH is 1. The first-order chi connectivity index (χ1) is 8.74. The second-order valence-electron chi connectivity index (χ2n) is 4.86. The molecular formula is C14H18N2OS. The van der Waals surface area contributed by atoms with Crippen LogP contribution in [0.5, 0.6) is 0 Å². The van der Waals surface area contributed by atoms with Crippen molar-refractivity contribution in [1.82, 2.24) is 4.98 Å². The fraction of sp³-hybridized carbons (Fsp3) is 0.571. The molecule has 1 N–H and O–H groups in total. The van der Waals surface area contributed by atoms with E-state index in [9.17, 15) is 5.26 Å². The number of nitrogens with zero attached hydrogens (tertiary/aromatic N) is 2. The van der Waals surface area contributed by atoms with Crippen molar-refractivity contribution in [3.63, 3.8) is 0 Å². The number of pyridine rings is 1. The molecule has 1 aromatic rings. The zero-order valence-corrected chi connectivity index (χ0v) is 11.5. The van der Waals surface area contributed by atoms with Gasteiger partial charge in [0.1, 0.15) is 11.1 Å². The van der Waals surface area contributed by atoms with E-state index in [4.69, 9.17) is 5.11 Å². The Morgan fingerprint density at radius 2 is 2.28 bits per heavy atom. The summed E-state index contributed by atoms with van der Waals surface area (Å²) >= 11 is 1.58. The molecule has 1 atom stereocenters. The molecule has 0 saturated carbocycles. The monoisotopic (exact) mass is 262 g/mol.